The molecule has 5 heterocycles. The molecule has 0 saturated carbocycles. The predicted octanol–water partition coefficient (Wildman–Crippen LogP) is 3.59. The molecule has 0 spiro atoms. The van der Waals surface area contributed by atoms with Gasteiger partial charge in [-0.15, -0.1) is 0 Å². The van der Waals surface area contributed by atoms with Gasteiger partial charge in [-0.05, 0) is 37.6 Å². The van der Waals surface area contributed by atoms with Crippen molar-refractivity contribution in [3.8, 4) is 28.9 Å². The van der Waals surface area contributed by atoms with Crippen LogP contribution in [0.4, 0.5) is 5.82 Å². The van der Waals surface area contributed by atoms with Crippen molar-refractivity contribution in [2.24, 2.45) is 0 Å². The van der Waals surface area contributed by atoms with E-state index < -0.39 is 5.91 Å². The van der Waals surface area contributed by atoms with Crippen molar-refractivity contribution in [3.05, 3.63) is 76.2 Å². The van der Waals surface area contributed by atoms with E-state index in [0.717, 1.165) is 0 Å². The Labute approximate surface area is 186 Å². The maximum absolute atomic E-state index is 12.9. The van der Waals surface area contributed by atoms with Crippen molar-refractivity contribution < 1.29 is 18.2 Å². The maximum Gasteiger partial charge on any atom is 0.279 e. The zero-order chi connectivity index (χ0) is 22.9. The van der Waals surface area contributed by atoms with Gasteiger partial charge in [0, 0.05) is 23.4 Å². The Morgan fingerprint density at radius 2 is 1.88 bits per heavy atom. The summed E-state index contributed by atoms with van der Waals surface area (Å²) < 4.78 is 17.2. The quantitative estimate of drug-likeness (QED) is 0.402. The highest BCUT2D eigenvalue weighted by Crippen LogP contribution is 2.25. The lowest BCUT2D eigenvalue weighted by Gasteiger charge is -2.09. The highest BCUT2D eigenvalue weighted by molar-refractivity contribution is 6.03. The van der Waals surface area contributed by atoms with Crippen LogP contribution >= 0.6 is 0 Å². The van der Waals surface area contributed by atoms with Crippen LogP contribution in [0.3, 0.4) is 0 Å². The molecule has 5 aromatic heterocycles. The van der Waals surface area contributed by atoms with Crippen LogP contribution in [0.15, 0.2) is 67.1 Å². The first-order valence-electron chi connectivity index (χ1n) is 10.1. The molecule has 0 bridgehead atoms. The Hall–Kier alpha value is -4.67. The lowest BCUT2D eigenvalue weighted by Crippen LogP contribution is -2.22. The summed E-state index contributed by atoms with van der Waals surface area (Å²) in [5.41, 5.74) is 1.35. The molecule has 5 aromatic rings. The molecule has 166 valence electrons. The number of amides is 1. The number of aromatic amines is 1. The number of aromatic nitrogens is 5. The molecular weight excluding hydrogens is 428 g/mol. The van der Waals surface area contributed by atoms with E-state index in [1.54, 1.807) is 37.3 Å². The van der Waals surface area contributed by atoms with Gasteiger partial charge < -0.3 is 18.7 Å². The molecule has 0 fully saturated rings. The summed E-state index contributed by atoms with van der Waals surface area (Å²) in [7, 11) is 0. The zero-order valence-electron chi connectivity index (χ0n) is 17.7. The second-order valence-corrected chi connectivity index (χ2v) is 7.12. The molecule has 0 aromatic carbocycles. The van der Waals surface area contributed by atoms with E-state index in [4.69, 9.17) is 13.4 Å². The molecule has 0 saturated heterocycles. The van der Waals surface area contributed by atoms with Gasteiger partial charge in [-0.25, -0.2) is 4.98 Å². The van der Waals surface area contributed by atoms with Gasteiger partial charge in [0.15, 0.2) is 17.2 Å². The molecule has 0 aliphatic heterocycles. The minimum Gasteiger partial charge on any atom is -0.463 e. The van der Waals surface area contributed by atoms with Gasteiger partial charge in [0.05, 0.1) is 12.5 Å². The Balaban J connectivity index is 1.53. The second-order valence-electron chi connectivity index (χ2n) is 7.12. The van der Waals surface area contributed by atoms with Crippen LogP contribution in [-0.4, -0.2) is 30.8 Å². The first-order valence-corrected chi connectivity index (χ1v) is 10.1. The summed E-state index contributed by atoms with van der Waals surface area (Å²) in [6.07, 6.45) is 3.54. The lowest BCUT2D eigenvalue weighted by molar-refractivity contribution is 0.101. The van der Waals surface area contributed by atoms with Gasteiger partial charge in [0.25, 0.3) is 11.5 Å². The van der Waals surface area contributed by atoms with Gasteiger partial charge in [0.2, 0.25) is 11.7 Å². The maximum atomic E-state index is 12.9. The molecule has 0 aliphatic rings. The number of H-pyrrole nitrogens is 1. The summed E-state index contributed by atoms with van der Waals surface area (Å²) >= 11 is 0. The number of rotatable bonds is 6. The highest BCUT2D eigenvalue weighted by Gasteiger charge is 2.21. The van der Waals surface area contributed by atoms with Crippen LogP contribution in [0.5, 0.6) is 0 Å². The third-order valence-electron chi connectivity index (χ3n) is 5.00. The molecule has 0 atom stereocenters. The van der Waals surface area contributed by atoms with Crippen LogP contribution in [0.25, 0.3) is 28.9 Å². The number of carbonyl (C=O) groups excluding carboxylic acids is 1. The minimum absolute atomic E-state index is 0.0349. The Morgan fingerprint density at radius 1 is 1.12 bits per heavy atom. The molecular formula is C22H18N6O5. The Kier molecular flexibility index (Phi) is 4.98. The largest absolute Gasteiger partial charge is 0.463 e. The van der Waals surface area contributed by atoms with E-state index >= 15 is 0 Å². The van der Waals surface area contributed by atoms with Crippen molar-refractivity contribution >= 4 is 11.7 Å². The van der Waals surface area contributed by atoms with Gasteiger partial charge in [-0.2, -0.15) is 9.78 Å². The molecule has 2 N–H and O–H groups in total. The van der Waals surface area contributed by atoms with Gasteiger partial charge >= 0.3 is 0 Å². The molecule has 5 rings (SSSR count). The van der Waals surface area contributed by atoms with Crippen LogP contribution in [0, 0.1) is 6.92 Å². The predicted molar refractivity (Wildman–Crippen MR) is 116 cm³/mol. The van der Waals surface area contributed by atoms with E-state index in [9.17, 15) is 9.59 Å². The summed E-state index contributed by atoms with van der Waals surface area (Å²) in [4.78, 5) is 32.6. The lowest BCUT2D eigenvalue weighted by atomic mass is 10.2. The number of furan rings is 2. The molecule has 1 amide bonds. The standard InChI is InChI=1S/C22H18N6O5/c1-3-13-12(2)23-22(25-20(13)29)28-19(11-14(26-28)16-6-4-8-31-16)24-21(30)15-10-18(33-27-15)17-7-5-9-32-17/h4-11H,3H2,1-2H3,(H,24,30)(H,23,25,29). The highest BCUT2D eigenvalue weighted by atomic mass is 16.5. The minimum atomic E-state index is -0.548. The van der Waals surface area contributed by atoms with Crippen LogP contribution in [0.2, 0.25) is 0 Å². The van der Waals surface area contributed by atoms with E-state index in [1.165, 1.54) is 23.3 Å². The smallest absolute Gasteiger partial charge is 0.279 e. The van der Waals surface area contributed by atoms with Gasteiger partial charge in [0.1, 0.15) is 11.5 Å². The van der Waals surface area contributed by atoms with E-state index in [-0.39, 0.29) is 23.0 Å². The Morgan fingerprint density at radius 3 is 2.55 bits per heavy atom. The third kappa shape index (κ3) is 3.76. The monoisotopic (exact) mass is 446 g/mol. The Bertz CT molecular complexity index is 1470. The van der Waals surface area contributed by atoms with Crippen molar-refractivity contribution in [1.82, 2.24) is 24.9 Å². The number of hydrogen-bond acceptors (Lipinski definition) is 8. The molecule has 33 heavy (non-hydrogen) atoms. The van der Waals surface area contributed by atoms with Gasteiger partial charge in [-0.3, -0.25) is 14.6 Å². The second kappa shape index (κ2) is 8.11. The van der Waals surface area contributed by atoms with Crippen LogP contribution < -0.4 is 10.9 Å². The number of aryl methyl sites for hydroxylation is 1. The molecule has 11 nitrogen and oxygen atoms in total. The first kappa shape index (κ1) is 20.2. The van der Waals surface area contributed by atoms with Gasteiger partial charge in [-0.1, -0.05) is 12.1 Å². The summed E-state index contributed by atoms with van der Waals surface area (Å²) in [5, 5.41) is 11.0. The SMILES string of the molecule is CCc1c(C)nc(-n2nc(-c3ccco3)cc2NC(=O)c2cc(-c3ccco3)on2)[nH]c1=O. The molecule has 0 unspecified atom stereocenters. The number of carbonyl (C=O) groups is 1. The number of nitrogens with zero attached hydrogens (tertiary/aromatic N) is 4. The van der Waals surface area contributed by atoms with Crippen molar-refractivity contribution in [1.29, 1.82) is 0 Å². The third-order valence-corrected chi connectivity index (χ3v) is 5.00. The van der Waals surface area contributed by atoms with E-state index in [2.05, 4.69) is 25.5 Å². The van der Waals surface area contributed by atoms with Crippen LogP contribution in [-0.2, 0) is 6.42 Å². The molecule has 0 radical (unpaired) electrons. The fraction of sp³-hybridized carbons (Fsp3) is 0.136. The number of nitrogens with one attached hydrogen (secondary N) is 2. The average molecular weight is 446 g/mol. The van der Waals surface area contributed by atoms with Crippen LogP contribution in [0.1, 0.15) is 28.7 Å². The van der Waals surface area contributed by atoms with E-state index in [1.807, 2.05) is 6.92 Å². The summed E-state index contributed by atoms with van der Waals surface area (Å²) in [5.74, 6) is 1.09. The summed E-state index contributed by atoms with van der Waals surface area (Å²) in [6, 6.07) is 9.91. The number of hydrogen-bond donors (Lipinski definition) is 2. The molecule has 0 aliphatic carbocycles. The normalized spacial score (nSPS) is 11.1. The average Bonchev–Trinajstić information content (AvgIpc) is 3.60. The topological polar surface area (TPSA) is 145 Å². The van der Waals surface area contributed by atoms with E-state index in [0.29, 0.717) is 40.7 Å². The van der Waals surface area contributed by atoms with Crippen molar-refractivity contribution in [3.63, 3.8) is 0 Å². The summed E-state index contributed by atoms with van der Waals surface area (Å²) in [6.45, 7) is 3.63. The number of anilines is 1. The van der Waals surface area contributed by atoms with Crippen molar-refractivity contribution in [2.45, 2.75) is 20.3 Å². The fourth-order valence-corrected chi connectivity index (χ4v) is 3.39. The molecule has 11 heteroatoms. The zero-order valence-corrected chi connectivity index (χ0v) is 17.7. The fourth-order valence-electron chi connectivity index (χ4n) is 3.39. The van der Waals surface area contributed by atoms with Crippen molar-refractivity contribution in [2.75, 3.05) is 5.32 Å². The first-order chi connectivity index (χ1) is 16.0.